The number of hydrogen-bond donors (Lipinski definition) is 3. The van der Waals surface area contributed by atoms with Crippen molar-refractivity contribution >= 4 is 40.5 Å². The molecule has 1 fully saturated rings. The van der Waals surface area contributed by atoms with Crippen molar-refractivity contribution < 1.29 is 22.1 Å². The number of anilines is 2. The lowest BCUT2D eigenvalue weighted by molar-refractivity contribution is -0.137. The fourth-order valence-corrected chi connectivity index (χ4v) is 4.95. The van der Waals surface area contributed by atoms with Gasteiger partial charge in [-0.3, -0.25) is 5.41 Å². The van der Waals surface area contributed by atoms with E-state index in [1.165, 1.54) is 11.3 Å². The van der Waals surface area contributed by atoms with Gasteiger partial charge in [-0.25, -0.2) is 9.37 Å². The average molecular weight is 568 g/mol. The van der Waals surface area contributed by atoms with Crippen LogP contribution < -0.4 is 11.1 Å². The molecule has 14 heteroatoms. The van der Waals surface area contributed by atoms with Crippen LogP contribution in [-0.2, 0) is 12.6 Å². The van der Waals surface area contributed by atoms with Crippen LogP contribution in [0.15, 0.2) is 52.4 Å². The molecule has 2 aromatic heterocycles. The van der Waals surface area contributed by atoms with Gasteiger partial charge in [0.1, 0.15) is 5.82 Å². The number of nitrogens with zero attached hydrogens (tertiary/aromatic N) is 4. The summed E-state index contributed by atoms with van der Waals surface area (Å²) in [6.07, 6.45) is -2.29. The van der Waals surface area contributed by atoms with Crippen LogP contribution in [0.4, 0.5) is 28.4 Å². The van der Waals surface area contributed by atoms with Gasteiger partial charge in [0.25, 0.3) is 0 Å². The van der Waals surface area contributed by atoms with Gasteiger partial charge in [-0.2, -0.15) is 18.2 Å². The van der Waals surface area contributed by atoms with Crippen molar-refractivity contribution in [3.63, 3.8) is 0 Å². The van der Waals surface area contributed by atoms with E-state index in [2.05, 4.69) is 20.4 Å². The zero-order chi connectivity index (χ0) is 26.2. The molecular formula is C24H22ClF4N7OS. The smallest absolute Gasteiger partial charge is 0.370 e. The largest absolute Gasteiger partial charge is 0.416 e. The second kappa shape index (κ2) is 11.0. The molecule has 1 aliphatic rings. The van der Waals surface area contributed by atoms with Crippen molar-refractivity contribution in [1.29, 1.82) is 5.41 Å². The summed E-state index contributed by atoms with van der Waals surface area (Å²) in [5.41, 5.74) is 6.28. The van der Waals surface area contributed by atoms with Crippen molar-refractivity contribution in [3.05, 3.63) is 65.1 Å². The lowest BCUT2D eigenvalue weighted by Crippen LogP contribution is -2.41. The van der Waals surface area contributed by atoms with E-state index < -0.39 is 17.6 Å². The molecule has 38 heavy (non-hydrogen) atoms. The first-order chi connectivity index (χ1) is 17.7. The molecule has 1 aliphatic heterocycles. The van der Waals surface area contributed by atoms with Crippen LogP contribution in [0.1, 0.15) is 24.3 Å². The summed E-state index contributed by atoms with van der Waals surface area (Å²) in [6.45, 7) is 0.743. The third-order valence-corrected chi connectivity index (χ3v) is 6.74. The van der Waals surface area contributed by atoms with E-state index in [0.717, 1.165) is 37.1 Å². The predicted molar refractivity (Wildman–Crippen MR) is 138 cm³/mol. The monoisotopic (exact) mass is 567 g/mol. The van der Waals surface area contributed by atoms with Crippen molar-refractivity contribution in [2.75, 3.05) is 11.9 Å². The molecule has 3 heterocycles. The van der Waals surface area contributed by atoms with E-state index in [4.69, 9.17) is 15.7 Å². The van der Waals surface area contributed by atoms with Crippen LogP contribution in [0.5, 0.6) is 0 Å². The maximum absolute atomic E-state index is 13.8. The Labute approximate surface area is 224 Å². The number of hydrogen-bond acceptors (Lipinski definition) is 7. The first kappa shape index (κ1) is 27.3. The molecular weight excluding hydrogens is 546 g/mol. The Bertz CT molecular complexity index is 1420. The molecule has 200 valence electrons. The molecule has 0 saturated carbocycles. The van der Waals surface area contributed by atoms with E-state index in [1.54, 1.807) is 29.6 Å². The molecule has 0 amide bonds. The molecule has 5 rings (SSSR count). The summed E-state index contributed by atoms with van der Waals surface area (Å²) < 4.78 is 58.2. The van der Waals surface area contributed by atoms with Gasteiger partial charge in [0.15, 0.2) is 11.1 Å². The number of alkyl halides is 3. The summed E-state index contributed by atoms with van der Waals surface area (Å²) in [5, 5.41) is 16.8. The number of nitrogens with one attached hydrogen (secondary N) is 2. The van der Waals surface area contributed by atoms with Gasteiger partial charge in [0.05, 0.1) is 11.3 Å². The summed E-state index contributed by atoms with van der Waals surface area (Å²) in [4.78, 5) is 10.6. The fourth-order valence-electron chi connectivity index (χ4n) is 4.21. The zero-order valence-corrected chi connectivity index (χ0v) is 21.3. The maximum atomic E-state index is 13.8. The summed E-state index contributed by atoms with van der Waals surface area (Å²) in [6, 6.07) is 9.57. The molecule has 0 aliphatic carbocycles. The zero-order valence-electron chi connectivity index (χ0n) is 19.6. The van der Waals surface area contributed by atoms with Crippen molar-refractivity contribution in [2.45, 2.75) is 31.5 Å². The van der Waals surface area contributed by atoms with Gasteiger partial charge in [0, 0.05) is 41.2 Å². The summed E-state index contributed by atoms with van der Waals surface area (Å²) in [5.74, 6) is -0.0413. The van der Waals surface area contributed by atoms with Gasteiger partial charge >= 0.3 is 6.18 Å². The van der Waals surface area contributed by atoms with Crippen LogP contribution in [0, 0.1) is 11.2 Å². The number of nitrogens with two attached hydrogens (primary N) is 1. The van der Waals surface area contributed by atoms with Gasteiger partial charge in [-0.15, -0.1) is 23.7 Å². The number of aromatic nitrogens is 3. The molecule has 0 spiro atoms. The Morgan fingerprint density at radius 1 is 1.16 bits per heavy atom. The number of thiazole rings is 1. The highest BCUT2D eigenvalue weighted by Gasteiger charge is 2.32. The first-order valence-electron chi connectivity index (χ1n) is 11.3. The quantitative estimate of drug-likeness (QED) is 0.147. The van der Waals surface area contributed by atoms with Gasteiger partial charge in [-0.1, -0.05) is 5.16 Å². The van der Waals surface area contributed by atoms with E-state index in [1.807, 2.05) is 4.90 Å². The Morgan fingerprint density at radius 2 is 1.92 bits per heavy atom. The fraction of sp³-hybridized carbons (Fsp3) is 0.250. The molecule has 2 aromatic carbocycles. The number of halogens is 5. The third kappa shape index (κ3) is 6.05. The molecule has 4 aromatic rings. The van der Waals surface area contributed by atoms with E-state index in [9.17, 15) is 17.6 Å². The van der Waals surface area contributed by atoms with E-state index in [-0.39, 0.29) is 35.7 Å². The van der Waals surface area contributed by atoms with Gasteiger partial charge in [-0.05, 0) is 55.3 Å². The number of likely N-dealkylation sites (tertiary alicyclic amines) is 1. The maximum Gasteiger partial charge on any atom is 0.416 e. The Hall–Kier alpha value is -3.71. The van der Waals surface area contributed by atoms with Crippen molar-refractivity contribution in [2.24, 2.45) is 5.73 Å². The lowest BCUT2D eigenvalue weighted by Gasteiger charge is -2.23. The van der Waals surface area contributed by atoms with Crippen molar-refractivity contribution in [1.82, 2.24) is 20.0 Å². The molecule has 8 nitrogen and oxygen atoms in total. The number of benzene rings is 2. The minimum atomic E-state index is -4.65. The minimum Gasteiger partial charge on any atom is -0.370 e. The summed E-state index contributed by atoms with van der Waals surface area (Å²) >= 11 is 1.19. The second-order valence-corrected chi connectivity index (χ2v) is 9.42. The molecule has 1 saturated heterocycles. The standard InChI is InChI=1S/C24H21F4N7OS.ClH/c25-16-9-14(8-15(10-16)24(26,27)28)19-12-37-23(32-19)31-17-5-3-13(4-6-17)21-33-20(36-34-21)11-18-2-1-7-35(18)22(29)30;/h3-6,8-10,12,18H,1-2,7,11H2,(H3,29,30)(H,31,32);1H/t18-;/m0./s1. The topological polar surface area (TPSA) is 117 Å². The van der Waals surface area contributed by atoms with Crippen molar-refractivity contribution in [3.8, 4) is 22.6 Å². The molecule has 0 bridgehead atoms. The molecule has 0 unspecified atom stereocenters. The lowest BCUT2D eigenvalue weighted by atomic mass is 10.1. The average Bonchev–Trinajstić information content (AvgIpc) is 3.60. The first-order valence-corrected chi connectivity index (χ1v) is 12.2. The second-order valence-electron chi connectivity index (χ2n) is 8.56. The molecule has 1 atom stereocenters. The van der Waals surface area contributed by atoms with Crippen LogP contribution in [-0.4, -0.2) is 38.6 Å². The van der Waals surface area contributed by atoms with Crippen LogP contribution >= 0.6 is 23.7 Å². The Balaban J connectivity index is 0.00000336. The van der Waals surface area contributed by atoms with Gasteiger partial charge < -0.3 is 20.5 Å². The Morgan fingerprint density at radius 3 is 2.63 bits per heavy atom. The third-order valence-electron chi connectivity index (χ3n) is 5.98. The highest BCUT2D eigenvalue weighted by Crippen LogP contribution is 2.34. The van der Waals surface area contributed by atoms with E-state index in [0.29, 0.717) is 35.0 Å². The molecule has 0 radical (unpaired) electrons. The van der Waals surface area contributed by atoms with E-state index >= 15 is 0 Å². The summed E-state index contributed by atoms with van der Waals surface area (Å²) in [7, 11) is 0. The number of rotatable bonds is 6. The highest BCUT2D eigenvalue weighted by atomic mass is 35.5. The van der Waals surface area contributed by atoms with Crippen LogP contribution in [0.3, 0.4) is 0 Å². The van der Waals surface area contributed by atoms with Crippen LogP contribution in [0.2, 0.25) is 0 Å². The highest BCUT2D eigenvalue weighted by molar-refractivity contribution is 7.14. The predicted octanol–water partition coefficient (Wildman–Crippen LogP) is 6.08. The van der Waals surface area contributed by atoms with Crippen LogP contribution in [0.25, 0.3) is 22.6 Å². The SMILES string of the molecule is Cl.N=C(N)N1CCC[C@H]1Cc1nc(-c2ccc(Nc3nc(-c4cc(F)cc(C(F)(F)F)c4)cs3)cc2)no1. The van der Waals surface area contributed by atoms with Gasteiger partial charge in [0.2, 0.25) is 11.7 Å². The Kier molecular flexibility index (Phi) is 7.88. The molecule has 4 N–H and O–H groups in total. The minimum absolute atomic E-state index is 0. The normalized spacial score (nSPS) is 15.4. The number of guanidine groups is 1.